The van der Waals surface area contributed by atoms with Gasteiger partial charge in [0.25, 0.3) is 0 Å². The van der Waals surface area contributed by atoms with E-state index in [4.69, 9.17) is 25.8 Å². The van der Waals surface area contributed by atoms with E-state index in [-0.39, 0.29) is 17.4 Å². The van der Waals surface area contributed by atoms with E-state index in [1.165, 1.54) is 0 Å². The Hall–Kier alpha value is -2.46. The first-order chi connectivity index (χ1) is 11.2. The number of esters is 1. The van der Waals surface area contributed by atoms with Crippen LogP contribution in [0.4, 0.5) is 0 Å². The molecule has 0 saturated heterocycles. The van der Waals surface area contributed by atoms with Gasteiger partial charge in [0.1, 0.15) is 11.5 Å². The van der Waals surface area contributed by atoms with Gasteiger partial charge in [-0.15, -0.1) is 0 Å². The van der Waals surface area contributed by atoms with Crippen LogP contribution in [0.5, 0.6) is 11.5 Å². The molecule has 0 spiro atoms. The predicted octanol–water partition coefficient (Wildman–Crippen LogP) is 4.24. The van der Waals surface area contributed by atoms with Crippen LogP contribution >= 0.6 is 11.6 Å². The molecule has 0 heterocycles. The number of halogens is 1. The van der Waals surface area contributed by atoms with Gasteiger partial charge in [-0.2, -0.15) is 0 Å². The number of hydrogen-bond acceptors (Lipinski definition) is 4. The van der Waals surface area contributed by atoms with Crippen LogP contribution in [0.3, 0.4) is 0 Å². The van der Waals surface area contributed by atoms with Crippen LogP contribution < -0.4 is 9.47 Å². The zero-order valence-electron chi connectivity index (χ0n) is 12.9. The minimum absolute atomic E-state index is 0.110. The number of benzene rings is 2. The second kappa shape index (κ2) is 8.25. The van der Waals surface area contributed by atoms with Crippen molar-refractivity contribution in [1.82, 2.24) is 0 Å². The summed E-state index contributed by atoms with van der Waals surface area (Å²) < 4.78 is 15.9. The fourth-order valence-corrected chi connectivity index (χ4v) is 2.07. The second-order valence-corrected chi connectivity index (χ2v) is 4.89. The molecule has 4 nitrogen and oxygen atoms in total. The van der Waals surface area contributed by atoms with Crippen molar-refractivity contribution < 1.29 is 19.0 Å². The molecule has 0 bridgehead atoms. The molecule has 2 aromatic carbocycles. The van der Waals surface area contributed by atoms with Crippen LogP contribution in [0.25, 0.3) is 5.76 Å². The number of carbonyl (C=O) groups excluding carboxylic acids is 1. The molecule has 5 heteroatoms. The maximum Gasteiger partial charge on any atom is 0.353 e. The van der Waals surface area contributed by atoms with Gasteiger partial charge < -0.3 is 14.2 Å². The first kappa shape index (κ1) is 16.9. The summed E-state index contributed by atoms with van der Waals surface area (Å²) in [5.41, 5.74) is 0.646. The summed E-state index contributed by atoms with van der Waals surface area (Å²) in [6.45, 7) is 1.95. The molecule has 23 heavy (non-hydrogen) atoms. The number of hydrogen-bond donors (Lipinski definition) is 0. The summed E-state index contributed by atoms with van der Waals surface area (Å²) in [4.78, 5) is 12.0. The molecule has 120 valence electrons. The zero-order chi connectivity index (χ0) is 16.7. The number of ether oxygens (including phenoxy) is 3. The Kier molecular flexibility index (Phi) is 6.06. The van der Waals surface area contributed by atoms with Gasteiger partial charge >= 0.3 is 5.97 Å². The largest absolute Gasteiger partial charge is 0.497 e. The van der Waals surface area contributed by atoms with Crippen LogP contribution in [0.1, 0.15) is 12.5 Å². The van der Waals surface area contributed by atoms with Crippen LogP contribution in [0.2, 0.25) is 0 Å². The molecular formula is C18H17ClO4. The average Bonchev–Trinajstić information content (AvgIpc) is 2.60. The van der Waals surface area contributed by atoms with Crippen molar-refractivity contribution in [3.05, 3.63) is 65.2 Å². The predicted molar refractivity (Wildman–Crippen MR) is 89.5 cm³/mol. The number of para-hydroxylation sites is 1. The van der Waals surface area contributed by atoms with Crippen molar-refractivity contribution in [2.75, 3.05) is 13.7 Å². The Balaban J connectivity index is 2.41. The molecule has 2 rings (SSSR count). The third kappa shape index (κ3) is 4.50. The minimum Gasteiger partial charge on any atom is -0.497 e. The lowest BCUT2D eigenvalue weighted by atomic mass is 10.1. The van der Waals surface area contributed by atoms with Gasteiger partial charge in [0.15, 0.2) is 10.8 Å². The molecule has 0 N–H and O–H groups in total. The Morgan fingerprint density at radius 1 is 1.00 bits per heavy atom. The van der Waals surface area contributed by atoms with Gasteiger partial charge in [-0.25, -0.2) is 4.79 Å². The highest BCUT2D eigenvalue weighted by Crippen LogP contribution is 2.28. The third-order valence-electron chi connectivity index (χ3n) is 2.97. The van der Waals surface area contributed by atoms with E-state index < -0.39 is 5.97 Å². The fraction of sp³-hybridized carbons (Fsp3) is 0.167. The Bertz CT molecular complexity index is 678. The lowest BCUT2D eigenvalue weighted by Crippen LogP contribution is -2.09. The molecular weight excluding hydrogens is 316 g/mol. The van der Waals surface area contributed by atoms with Crippen LogP contribution in [-0.2, 0) is 9.53 Å². The van der Waals surface area contributed by atoms with E-state index in [2.05, 4.69) is 0 Å². The summed E-state index contributed by atoms with van der Waals surface area (Å²) >= 11 is 6.18. The molecule has 0 aromatic heterocycles. The molecule has 0 aliphatic carbocycles. The minimum atomic E-state index is -0.629. The van der Waals surface area contributed by atoms with Gasteiger partial charge in [0.05, 0.1) is 13.7 Å². The molecule has 0 aliphatic rings. The lowest BCUT2D eigenvalue weighted by molar-refractivity contribution is -0.137. The average molecular weight is 333 g/mol. The zero-order valence-corrected chi connectivity index (χ0v) is 13.7. The van der Waals surface area contributed by atoms with Gasteiger partial charge in [-0.1, -0.05) is 29.8 Å². The lowest BCUT2D eigenvalue weighted by Gasteiger charge is -2.13. The highest BCUT2D eigenvalue weighted by atomic mass is 35.5. The molecule has 0 fully saturated rings. The highest BCUT2D eigenvalue weighted by molar-refractivity contribution is 6.44. The van der Waals surface area contributed by atoms with Crippen LogP contribution in [0.15, 0.2) is 59.6 Å². The maximum atomic E-state index is 12.0. The number of rotatable bonds is 6. The van der Waals surface area contributed by atoms with Crippen molar-refractivity contribution in [2.45, 2.75) is 6.92 Å². The van der Waals surface area contributed by atoms with Crippen LogP contribution in [-0.4, -0.2) is 19.7 Å². The summed E-state index contributed by atoms with van der Waals surface area (Å²) in [7, 11) is 1.58. The Labute approximate surface area is 140 Å². The molecule has 2 aromatic rings. The SMILES string of the molecule is CCOC(=O)/C(Cl)=C(/Oc1ccccc1)c1ccc(OC)cc1. The number of methoxy groups -OCH3 is 1. The summed E-state index contributed by atoms with van der Waals surface area (Å²) in [5, 5.41) is -0.110. The molecule has 0 aliphatic heterocycles. The highest BCUT2D eigenvalue weighted by Gasteiger charge is 2.18. The van der Waals surface area contributed by atoms with Crippen LogP contribution in [0, 0.1) is 0 Å². The van der Waals surface area contributed by atoms with E-state index in [0.29, 0.717) is 17.1 Å². The van der Waals surface area contributed by atoms with Gasteiger partial charge in [-0.3, -0.25) is 0 Å². The quantitative estimate of drug-likeness (QED) is 0.451. The summed E-state index contributed by atoms with van der Waals surface area (Å²) in [6, 6.07) is 16.1. The molecule has 0 amide bonds. The van der Waals surface area contributed by atoms with Crippen molar-refractivity contribution in [3.63, 3.8) is 0 Å². The van der Waals surface area contributed by atoms with Crippen molar-refractivity contribution >= 4 is 23.3 Å². The van der Waals surface area contributed by atoms with Crippen molar-refractivity contribution in [3.8, 4) is 11.5 Å². The van der Waals surface area contributed by atoms with Crippen molar-refractivity contribution in [1.29, 1.82) is 0 Å². The van der Waals surface area contributed by atoms with Gasteiger partial charge in [0.2, 0.25) is 0 Å². The molecule has 0 saturated carbocycles. The normalized spacial score (nSPS) is 11.4. The van der Waals surface area contributed by atoms with Gasteiger partial charge in [0, 0.05) is 5.56 Å². The smallest absolute Gasteiger partial charge is 0.353 e. The fourth-order valence-electron chi connectivity index (χ4n) is 1.87. The Morgan fingerprint density at radius 2 is 1.65 bits per heavy atom. The van der Waals surface area contributed by atoms with Gasteiger partial charge in [-0.05, 0) is 43.3 Å². The first-order valence-electron chi connectivity index (χ1n) is 7.10. The molecule has 0 radical (unpaired) electrons. The Morgan fingerprint density at radius 3 is 2.22 bits per heavy atom. The molecule has 0 unspecified atom stereocenters. The first-order valence-corrected chi connectivity index (χ1v) is 7.47. The van der Waals surface area contributed by atoms with E-state index >= 15 is 0 Å². The standard InChI is InChI=1S/C18H17ClO4/c1-3-22-18(20)16(19)17(23-15-7-5-4-6-8-15)13-9-11-14(21-2)12-10-13/h4-12H,3H2,1-2H3/b17-16-. The third-order valence-corrected chi connectivity index (χ3v) is 3.30. The van der Waals surface area contributed by atoms with E-state index in [1.807, 2.05) is 18.2 Å². The topological polar surface area (TPSA) is 44.8 Å². The second-order valence-electron chi connectivity index (χ2n) is 4.51. The number of carbonyl (C=O) groups is 1. The molecule has 0 atom stereocenters. The van der Waals surface area contributed by atoms with E-state index in [9.17, 15) is 4.79 Å². The van der Waals surface area contributed by atoms with E-state index in [1.54, 1.807) is 50.4 Å². The van der Waals surface area contributed by atoms with Crippen molar-refractivity contribution in [2.24, 2.45) is 0 Å². The maximum absolute atomic E-state index is 12.0. The summed E-state index contributed by atoms with van der Waals surface area (Å²) in [5.74, 6) is 0.871. The van der Waals surface area contributed by atoms with E-state index in [0.717, 1.165) is 0 Å². The monoisotopic (exact) mass is 332 g/mol. The summed E-state index contributed by atoms with van der Waals surface area (Å²) in [6.07, 6.45) is 0.